The molecule has 0 saturated carbocycles. The summed E-state index contributed by atoms with van der Waals surface area (Å²) in [7, 11) is 1.48. The number of rotatable bonds is 13. The number of nitrogens with one attached hydrogen (secondary N) is 3. The lowest BCUT2D eigenvalue weighted by Crippen LogP contribution is -2.46. The van der Waals surface area contributed by atoms with Crippen LogP contribution in [0.15, 0.2) is 72.8 Å². The molecule has 3 rings (SSSR count). The van der Waals surface area contributed by atoms with Crippen molar-refractivity contribution in [2.45, 2.75) is 51.5 Å². The Hall–Kier alpha value is -5.24. The number of carbonyl (C=O) groups is 3. The Morgan fingerprint density at radius 1 is 0.977 bits per heavy atom. The van der Waals surface area contributed by atoms with Crippen LogP contribution in [0.1, 0.15) is 49.9 Å². The molecule has 3 aromatic rings. The molecule has 0 bridgehead atoms. The van der Waals surface area contributed by atoms with Crippen LogP contribution < -0.4 is 25.4 Å². The summed E-state index contributed by atoms with van der Waals surface area (Å²) in [6.45, 7) is 5.41. The number of alkyl carbamates (subject to hydrolysis) is 1. The van der Waals surface area contributed by atoms with Crippen LogP contribution in [0.3, 0.4) is 0 Å². The Bertz CT molecular complexity index is 1430. The minimum absolute atomic E-state index is 0.0405. The highest BCUT2D eigenvalue weighted by atomic mass is 16.6. The zero-order valence-corrected chi connectivity index (χ0v) is 24.5. The summed E-state index contributed by atoms with van der Waals surface area (Å²) in [6, 6.07) is 20.8. The van der Waals surface area contributed by atoms with Crippen LogP contribution >= 0.6 is 0 Å². The van der Waals surface area contributed by atoms with E-state index >= 15 is 0 Å². The van der Waals surface area contributed by atoms with Crippen molar-refractivity contribution in [2.75, 3.05) is 19.0 Å². The van der Waals surface area contributed by atoms with Crippen molar-refractivity contribution >= 4 is 23.7 Å². The number of amides is 2. The third kappa shape index (κ3) is 10.3. The Balaban J connectivity index is 1.81. The predicted molar refractivity (Wildman–Crippen MR) is 160 cm³/mol. The lowest BCUT2D eigenvalue weighted by Gasteiger charge is -2.24. The molecule has 1 unspecified atom stereocenters. The van der Waals surface area contributed by atoms with Crippen molar-refractivity contribution in [1.82, 2.24) is 10.6 Å². The molecule has 0 aliphatic carbocycles. The zero-order chi connectivity index (χ0) is 31.4. The molecule has 2 atom stereocenters. The van der Waals surface area contributed by atoms with E-state index in [-0.39, 0.29) is 13.0 Å². The van der Waals surface area contributed by atoms with Crippen LogP contribution in [-0.2, 0) is 20.9 Å². The highest BCUT2D eigenvalue weighted by Crippen LogP contribution is 2.32. The number of hydrogen-bond acceptors (Lipinski definition) is 8. The van der Waals surface area contributed by atoms with Gasteiger partial charge in [-0.1, -0.05) is 36.4 Å². The number of methoxy groups -OCH3 is 1. The third-order valence-electron chi connectivity index (χ3n) is 6.06. The summed E-state index contributed by atoms with van der Waals surface area (Å²) in [5, 5.41) is 27.1. The lowest BCUT2D eigenvalue weighted by molar-refractivity contribution is -0.142. The van der Waals surface area contributed by atoms with Gasteiger partial charge in [-0.3, -0.25) is 4.79 Å². The minimum Gasteiger partial charge on any atom is -0.493 e. The maximum atomic E-state index is 13.6. The summed E-state index contributed by atoms with van der Waals surface area (Å²) in [4.78, 5) is 37.6. The number of carboxylic acid groups (broad SMARTS) is 1. The standard InChI is InChI=1S/C32H36N4O7/c1-32(2,3)43-31(40)34-17-16-25(30(38)39)36-29(37)28(35-24-13-10-21(19-33)11-14-24)23-12-15-26(27(18-23)41-4)42-20-22-8-6-5-7-9-22/h5-15,18,25,28,35H,16-17,20H2,1-4H3,(H,34,40)(H,36,37)(H,38,39)/t25?,28-/m0/s1. The topological polar surface area (TPSA) is 159 Å². The van der Waals surface area contributed by atoms with Crippen LogP contribution in [0, 0.1) is 11.3 Å². The quantitative estimate of drug-likeness (QED) is 0.220. The number of nitrogens with zero attached hydrogens (tertiary/aromatic N) is 1. The second-order valence-electron chi connectivity index (χ2n) is 10.6. The number of aliphatic carboxylic acids is 1. The van der Waals surface area contributed by atoms with Gasteiger partial charge in [-0.15, -0.1) is 0 Å². The van der Waals surface area contributed by atoms with Gasteiger partial charge in [0.15, 0.2) is 11.5 Å². The molecule has 2 amide bonds. The average molecular weight is 589 g/mol. The number of anilines is 1. The van der Waals surface area contributed by atoms with E-state index in [1.54, 1.807) is 63.2 Å². The molecule has 0 fully saturated rings. The zero-order valence-electron chi connectivity index (χ0n) is 24.5. The first-order valence-electron chi connectivity index (χ1n) is 13.6. The lowest BCUT2D eigenvalue weighted by atomic mass is 10.0. The first-order valence-corrected chi connectivity index (χ1v) is 13.6. The predicted octanol–water partition coefficient (Wildman–Crippen LogP) is 4.78. The molecule has 0 heterocycles. The normalized spacial score (nSPS) is 12.2. The van der Waals surface area contributed by atoms with E-state index in [4.69, 9.17) is 19.5 Å². The fourth-order valence-electron chi connectivity index (χ4n) is 3.97. The molecule has 0 aliphatic heterocycles. The first kappa shape index (κ1) is 32.3. The molecule has 11 nitrogen and oxygen atoms in total. The van der Waals surface area contributed by atoms with E-state index in [2.05, 4.69) is 16.0 Å². The summed E-state index contributed by atoms with van der Waals surface area (Å²) in [6.07, 6.45) is -0.774. The highest BCUT2D eigenvalue weighted by molar-refractivity contribution is 5.90. The van der Waals surface area contributed by atoms with Gasteiger partial charge in [0.2, 0.25) is 5.91 Å². The second kappa shape index (κ2) is 15.1. The van der Waals surface area contributed by atoms with Crippen LogP contribution in [0.4, 0.5) is 10.5 Å². The van der Waals surface area contributed by atoms with Gasteiger partial charge in [0, 0.05) is 12.2 Å². The van der Waals surface area contributed by atoms with Crippen molar-refractivity contribution in [3.05, 3.63) is 89.5 Å². The van der Waals surface area contributed by atoms with Crippen LogP contribution in [0.2, 0.25) is 0 Å². The Kier molecular flexibility index (Phi) is 11.3. The molecule has 0 aromatic heterocycles. The van der Waals surface area contributed by atoms with Crippen molar-refractivity contribution in [2.24, 2.45) is 0 Å². The number of hydrogen-bond donors (Lipinski definition) is 4. The van der Waals surface area contributed by atoms with Crippen molar-refractivity contribution in [3.63, 3.8) is 0 Å². The first-order chi connectivity index (χ1) is 20.5. The monoisotopic (exact) mass is 588 g/mol. The fraction of sp³-hybridized carbons (Fsp3) is 0.312. The van der Waals surface area contributed by atoms with E-state index < -0.39 is 35.7 Å². The molecule has 0 saturated heterocycles. The van der Waals surface area contributed by atoms with Crippen LogP contribution in [0.5, 0.6) is 11.5 Å². The molecule has 226 valence electrons. The minimum atomic E-state index is -1.30. The second-order valence-corrected chi connectivity index (χ2v) is 10.6. The van der Waals surface area contributed by atoms with E-state index in [1.165, 1.54) is 7.11 Å². The van der Waals surface area contributed by atoms with Gasteiger partial charge in [0.25, 0.3) is 0 Å². The number of carbonyl (C=O) groups excluding carboxylic acids is 2. The van der Waals surface area contributed by atoms with Crippen LogP contribution in [-0.4, -0.2) is 48.4 Å². The van der Waals surface area contributed by atoms with Crippen molar-refractivity contribution in [3.8, 4) is 17.6 Å². The van der Waals surface area contributed by atoms with Crippen molar-refractivity contribution < 1.29 is 33.7 Å². The molecule has 43 heavy (non-hydrogen) atoms. The molecule has 11 heteroatoms. The number of nitriles is 1. The summed E-state index contributed by atoms with van der Waals surface area (Å²) in [5.74, 6) is -1.05. The summed E-state index contributed by atoms with van der Waals surface area (Å²) in [5.41, 5.74) is 1.70. The number of benzene rings is 3. The van der Waals surface area contributed by atoms with E-state index in [0.29, 0.717) is 34.9 Å². The Morgan fingerprint density at radius 2 is 1.67 bits per heavy atom. The Labute approximate surface area is 250 Å². The van der Waals surface area contributed by atoms with Gasteiger partial charge in [0.1, 0.15) is 24.3 Å². The van der Waals surface area contributed by atoms with E-state index in [9.17, 15) is 19.5 Å². The van der Waals surface area contributed by atoms with E-state index in [1.807, 2.05) is 36.4 Å². The Morgan fingerprint density at radius 3 is 2.28 bits per heavy atom. The fourth-order valence-corrected chi connectivity index (χ4v) is 3.97. The van der Waals surface area contributed by atoms with Gasteiger partial charge < -0.3 is 35.3 Å². The number of ether oxygens (including phenoxy) is 3. The summed E-state index contributed by atoms with van der Waals surface area (Å²) < 4.78 is 16.7. The van der Waals surface area contributed by atoms with Crippen molar-refractivity contribution in [1.29, 1.82) is 5.26 Å². The molecule has 0 spiro atoms. The van der Waals surface area contributed by atoms with E-state index in [0.717, 1.165) is 5.56 Å². The maximum absolute atomic E-state index is 13.6. The van der Waals surface area contributed by atoms with Crippen LogP contribution in [0.25, 0.3) is 0 Å². The molecule has 4 N–H and O–H groups in total. The van der Waals surface area contributed by atoms with Gasteiger partial charge >= 0.3 is 12.1 Å². The highest BCUT2D eigenvalue weighted by Gasteiger charge is 2.28. The average Bonchev–Trinajstić information content (AvgIpc) is 2.98. The molecule has 3 aromatic carbocycles. The van der Waals surface area contributed by atoms with Gasteiger partial charge in [-0.05, 0) is 74.7 Å². The molecular weight excluding hydrogens is 552 g/mol. The molecular formula is C32H36N4O7. The third-order valence-corrected chi connectivity index (χ3v) is 6.06. The SMILES string of the molecule is COc1cc([C@H](Nc2ccc(C#N)cc2)C(=O)NC(CCNC(=O)OC(C)(C)C)C(=O)O)ccc1OCc1ccccc1. The van der Waals surface area contributed by atoms with Gasteiger partial charge in [-0.2, -0.15) is 5.26 Å². The van der Waals surface area contributed by atoms with Gasteiger partial charge in [-0.25, -0.2) is 9.59 Å². The molecule has 0 radical (unpaired) electrons. The maximum Gasteiger partial charge on any atom is 0.407 e. The summed E-state index contributed by atoms with van der Waals surface area (Å²) >= 11 is 0. The van der Waals surface area contributed by atoms with Gasteiger partial charge in [0.05, 0.1) is 18.7 Å². The largest absolute Gasteiger partial charge is 0.493 e. The smallest absolute Gasteiger partial charge is 0.407 e. The molecule has 0 aliphatic rings. The number of carboxylic acids is 1.